The van der Waals surface area contributed by atoms with Crippen LogP contribution in [0.3, 0.4) is 0 Å². The summed E-state index contributed by atoms with van der Waals surface area (Å²) in [6.07, 6.45) is 0.232. The molecule has 0 spiro atoms. The minimum absolute atomic E-state index is 0.160. The van der Waals surface area contributed by atoms with E-state index in [1.807, 2.05) is 19.9 Å². The SMILES string of the molecule is CC(O)CC(C)(C)CNC(=O)NCc1cccc(C#N)c1. The summed E-state index contributed by atoms with van der Waals surface area (Å²) in [6, 6.07) is 8.94. The van der Waals surface area contributed by atoms with E-state index in [4.69, 9.17) is 5.26 Å². The Kier molecular flexibility index (Phi) is 6.19. The predicted molar refractivity (Wildman–Crippen MR) is 81.5 cm³/mol. The molecule has 0 radical (unpaired) electrons. The smallest absolute Gasteiger partial charge is 0.315 e. The number of hydrogen-bond acceptors (Lipinski definition) is 3. The molecule has 3 N–H and O–H groups in total. The van der Waals surface area contributed by atoms with E-state index in [-0.39, 0.29) is 11.4 Å². The zero-order valence-corrected chi connectivity index (χ0v) is 12.8. The van der Waals surface area contributed by atoms with E-state index in [0.29, 0.717) is 25.1 Å². The Balaban J connectivity index is 2.39. The maximum atomic E-state index is 11.8. The van der Waals surface area contributed by atoms with Crippen LogP contribution in [0.5, 0.6) is 0 Å². The second kappa shape index (κ2) is 7.65. The average molecular weight is 289 g/mol. The van der Waals surface area contributed by atoms with Crippen LogP contribution >= 0.6 is 0 Å². The number of carbonyl (C=O) groups excluding carboxylic acids is 1. The molecule has 0 saturated carbocycles. The van der Waals surface area contributed by atoms with Gasteiger partial charge < -0.3 is 15.7 Å². The summed E-state index contributed by atoms with van der Waals surface area (Å²) in [7, 11) is 0. The minimum atomic E-state index is -0.390. The quantitative estimate of drug-likeness (QED) is 0.750. The molecular formula is C16H23N3O2. The minimum Gasteiger partial charge on any atom is -0.393 e. The number of urea groups is 1. The first-order valence-corrected chi connectivity index (χ1v) is 7.01. The second-order valence-electron chi connectivity index (χ2n) is 6.07. The van der Waals surface area contributed by atoms with Crippen molar-refractivity contribution in [3.63, 3.8) is 0 Å². The monoisotopic (exact) mass is 289 g/mol. The summed E-state index contributed by atoms with van der Waals surface area (Å²) in [6.45, 7) is 6.59. The lowest BCUT2D eigenvalue weighted by Crippen LogP contribution is -2.41. The second-order valence-corrected chi connectivity index (χ2v) is 6.07. The standard InChI is InChI=1S/C16H23N3O2/c1-12(20)8-16(2,3)11-19-15(21)18-10-14-6-4-5-13(7-14)9-17/h4-7,12,20H,8,10-11H2,1-3H3,(H2,18,19,21). The van der Waals surface area contributed by atoms with Crippen LogP contribution in [0, 0.1) is 16.7 Å². The van der Waals surface area contributed by atoms with Crippen molar-refractivity contribution in [1.29, 1.82) is 5.26 Å². The molecule has 0 fully saturated rings. The van der Waals surface area contributed by atoms with Crippen LogP contribution in [0.4, 0.5) is 4.79 Å². The van der Waals surface area contributed by atoms with E-state index in [9.17, 15) is 9.90 Å². The molecule has 0 heterocycles. The maximum Gasteiger partial charge on any atom is 0.315 e. The van der Waals surface area contributed by atoms with Gasteiger partial charge in [0.2, 0.25) is 0 Å². The van der Waals surface area contributed by atoms with Gasteiger partial charge in [-0.2, -0.15) is 5.26 Å². The molecule has 1 aromatic carbocycles. The van der Waals surface area contributed by atoms with Crippen LogP contribution in [0.15, 0.2) is 24.3 Å². The van der Waals surface area contributed by atoms with Gasteiger partial charge in [0.1, 0.15) is 0 Å². The fraction of sp³-hybridized carbons (Fsp3) is 0.500. The van der Waals surface area contributed by atoms with Crippen molar-refractivity contribution >= 4 is 6.03 Å². The summed E-state index contributed by atoms with van der Waals surface area (Å²) < 4.78 is 0. The van der Waals surface area contributed by atoms with Crippen LogP contribution in [-0.2, 0) is 6.54 Å². The van der Waals surface area contributed by atoms with Crippen molar-refractivity contribution in [3.8, 4) is 6.07 Å². The zero-order valence-electron chi connectivity index (χ0n) is 12.8. The molecule has 5 nitrogen and oxygen atoms in total. The number of nitrogens with one attached hydrogen (secondary N) is 2. The lowest BCUT2D eigenvalue weighted by molar-refractivity contribution is 0.129. The highest BCUT2D eigenvalue weighted by Crippen LogP contribution is 2.20. The molecule has 1 unspecified atom stereocenters. The van der Waals surface area contributed by atoms with Crippen LogP contribution in [-0.4, -0.2) is 23.8 Å². The van der Waals surface area contributed by atoms with E-state index >= 15 is 0 Å². The third-order valence-electron chi connectivity index (χ3n) is 3.08. The molecule has 0 aliphatic carbocycles. The largest absolute Gasteiger partial charge is 0.393 e. The van der Waals surface area contributed by atoms with E-state index in [2.05, 4.69) is 16.7 Å². The Labute approximate surface area is 126 Å². The summed E-state index contributed by atoms with van der Waals surface area (Å²) in [5, 5.41) is 23.8. The third kappa shape index (κ3) is 6.77. The number of rotatable bonds is 6. The molecule has 1 rings (SSSR count). The van der Waals surface area contributed by atoms with E-state index < -0.39 is 6.10 Å². The maximum absolute atomic E-state index is 11.8. The molecule has 5 heteroatoms. The number of hydrogen-bond donors (Lipinski definition) is 3. The number of nitrogens with zero attached hydrogens (tertiary/aromatic N) is 1. The first-order valence-electron chi connectivity index (χ1n) is 7.01. The zero-order chi connectivity index (χ0) is 15.9. The molecule has 0 saturated heterocycles. The van der Waals surface area contributed by atoms with Crippen molar-refractivity contribution in [3.05, 3.63) is 35.4 Å². The lowest BCUT2D eigenvalue weighted by Gasteiger charge is -2.26. The van der Waals surface area contributed by atoms with E-state index in [1.165, 1.54) is 0 Å². The van der Waals surface area contributed by atoms with Gasteiger partial charge in [-0.25, -0.2) is 4.79 Å². The fourth-order valence-electron chi connectivity index (χ4n) is 2.19. The van der Waals surface area contributed by atoms with Crippen molar-refractivity contribution in [1.82, 2.24) is 10.6 Å². The first-order chi connectivity index (χ1) is 9.82. The number of aliphatic hydroxyl groups is 1. The number of nitriles is 1. The van der Waals surface area contributed by atoms with Gasteiger partial charge in [-0.3, -0.25) is 0 Å². The van der Waals surface area contributed by atoms with Gasteiger partial charge >= 0.3 is 6.03 Å². The molecule has 2 amide bonds. The Hall–Kier alpha value is -2.06. The average Bonchev–Trinajstić information content (AvgIpc) is 2.42. The Bertz CT molecular complexity index is 518. The molecule has 21 heavy (non-hydrogen) atoms. The van der Waals surface area contributed by atoms with Crippen LogP contribution in [0.2, 0.25) is 0 Å². The number of carbonyl (C=O) groups is 1. The van der Waals surface area contributed by atoms with E-state index in [1.54, 1.807) is 25.1 Å². The van der Waals surface area contributed by atoms with Crippen molar-refractivity contribution in [2.75, 3.05) is 6.54 Å². The molecule has 0 aliphatic rings. The molecule has 0 aliphatic heterocycles. The van der Waals surface area contributed by atoms with Gasteiger partial charge in [0.15, 0.2) is 0 Å². The lowest BCUT2D eigenvalue weighted by atomic mass is 9.87. The van der Waals surface area contributed by atoms with Crippen molar-refractivity contribution < 1.29 is 9.90 Å². The van der Waals surface area contributed by atoms with Gasteiger partial charge in [-0.05, 0) is 36.5 Å². The van der Waals surface area contributed by atoms with Crippen LogP contribution < -0.4 is 10.6 Å². The number of benzene rings is 1. The van der Waals surface area contributed by atoms with Crippen LogP contribution in [0.25, 0.3) is 0 Å². The summed E-state index contributed by atoms with van der Waals surface area (Å²) in [5.41, 5.74) is 1.30. The van der Waals surface area contributed by atoms with Gasteiger partial charge in [-0.1, -0.05) is 26.0 Å². The molecular weight excluding hydrogens is 266 g/mol. The highest BCUT2D eigenvalue weighted by Gasteiger charge is 2.20. The predicted octanol–water partition coefficient (Wildman–Crippen LogP) is 2.15. The number of amides is 2. The van der Waals surface area contributed by atoms with Gasteiger partial charge in [0.25, 0.3) is 0 Å². The van der Waals surface area contributed by atoms with E-state index in [0.717, 1.165) is 5.56 Å². The first kappa shape index (κ1) is 17.0. The third-order valence-corrected chi connectivity index (χ3v) is 3.08. The van der Waals surface area contributed by atoms with Gasteiger partial charge in [0.05, 0.1) is 17.7 Å². The van der Waals surface area contributed by atoms with Crippen molar-refractivity contribution in [2.24, 2.45) is 5.41 Å². The Morgan fingerprint density at radius 3 is 2.76 bits per heavy atom. The Morgan fingerprint density at radius 1 is 1.43 bits per heavy atom. The molecule has 1 aromatic rings. The number of aliphatic hydroxyl groups excluding tert-OH is 1. The molecule has 1 atom stereocenters. The topological polar surface area (TPSA) is 85.2 Å². The van der Waals surface area contributed by atoms with Gasteiger partial charge in [0, 0.05) is 13.1 Å². The normalized spacial score (nSPS) is 12.3. The summed E-state index contributed by atoms with van der Waals surface area (Å²) in [5.74, 6) is 0. The highest BCUT2D eigenvalue weighted by atomic mass is 16.3. The molecule has 114 valence electrons. The fourth-order valence-corrected chi connectivity index (χ4v) is 2.19. The highest BCUT2D eigenvalue weighted by molar-refractivity contribution is 5.73. The van der Waals surface area contributed by atoms with Crippen molar-refractivity contribution in [2.45, 2.75) is 39.8 Å². The van der Waals surface area contributed by atoms with Crippen LogP contribution in [0.1, 0.15) is 38.3 Å². The summed E-state index contributed by atoms with van der Waals surface area (Å²) in [4.78, 5) is 11.8. The molecule has 0 bridgehead atoms. The Morgan fingerprint density at radius 2 is 2.14 bits per heavy atom. The summed E-state index contributed by atoms with van der Waals surface area (Å²) >= 11 is 0. The van der Waals surface area contributed by atoms with Gasteiger partial charge in [-0.15, -0.1) is 0 Å². The molecule has 0 aromatic heterocycles.